The number of hydrogen-bond acceptors (Lipinski definition) is 5. The highest BCUT2D eigenvalue weighted by Gasteiger charge is 2.32. The Morgan fingerprint density at radius 3 is 2.74 bits per heavy atom. The van der Waals surface area contributed by atoms with Crippen molar-refractivity contribution in [3.8, 4) is 0 Å². The molecule has 1 aliphatic rings. The topological polar surface area (TPSA) is 76.6 Å². The number of esters is 1. The molecule has 128 valence electrons. The van der Waals surface area contributed by atoms with Crippen LogP contribution in [-0.4, -0.2) is 43.4 Å². The minimum atomic E-state index is -3.70. The first-order valence-corrected chi connectivity index (χ1v) is 9.44. The van der Waals surface area contributed by atoms with Gasteiger partial charge in [-0.05, 0) is 44.2 Å². The normalized spacial score (nSPS) is 15.0. The molecule has 0 radical (unpaired) electrons. The highest BCUT2D eigenvalue weighted by molar-refractivity contribution is 7.89. The number of hydrogen-bond donors (Lipinski definition) is 0. The maximum absolute atomic E-state index is 12.8. The maximum atomic E-state index is 12.8. The molecule has 1 aliphatic carbocycles. The molecule has 0 N–H and O–H groups in total. The number of halogens is 1. The average Bonchev–Trinajstić information content (AvgIpc) is 3.30. The molecule has 1 aromatic rings. The summed E-state index contributed by atoms with van der Waals surface area (Å²) < 4.78 is 31.9. The molecule has 0 unspecified atom stereocenters. The number of sulfonamides is 1. The lowest BCUT2D eigenvalue weighted by molar-refractivity contribution is -0.143. The Bertz CT molecular complexity index is 674. The Labute approximate surface area is 141 Å². The van der Waals surface area contributed by atoms with Gasteiger partial charge in [-0.15, -0.1) is 0 Å². The lowest BCUT2D eigenvalue weighted by Crippen LogP contribution is -2.35. The van der Waals surface area contributed by atoms with Gasteiger partial charge in [0.15, 0.2) is 0 Å². The van der Waals surface area contributed by atoms with Crippen LogP contribution in [0.4, 0.5) is 0 Å². The summed E-state index contributed by atoms with van der Waals surface area (Å²) in [6.45, 7) is 4.24. The molecule has 0 aliphatic heterocycles. The van der Waals surface area contributed by atoms with E-state index in [1.807, 2.05) is 0 Å². The van der Waals surface area contributed by atoms with Gasteiger partial charge in [-0.2, -0.15) is 4.31 Å². The van der Waals surface area contributed by atoms with Crippen molar-refractivity contribution in [1.29, 1.82) is 0 Å². The SMILES string of the molecule is CCOC(=O)CCN(CC1CC1)S(=O)(=O)c1cnc(Cl)c(C)c1. The van der Waals surface area contributed by atoms with E-state index < -0.39 is 16.0 Å². The summed E-state index contributed by atoms with van der Waals surface area (Å²) in [6, 6.07) is 1.51. The number of ether oxygens (including phenoxy) is 1. The minimum absolute atomic E-state index is 0.0415. The van der Waals surface area contributed by atoms with Crippen LogP contribution in [-0.2, 0) is 19.6 Å². The number of aromatic nitrogens is 1. The smallest absolute Gasteiger partial charge is 0.307 e. The molecule has 1 saturated carbocycles. The van der Waals surface area contributed by atoms with Gasteiger partial charge in [0.2, 0.25) is 10.0 Å². The van der Waals surface area contributed by atoms with Crippen LogP contribution in [0.25, 0.3) is 0 Å². The van der Waals surface area contributed by atoms with Crippen LogP contribution in [0.5, 0.6) is 0 Å². The fourth-order valence-electron chi connectivity index (χ4n) is 2.17. The average molecular weight is 361 g/mol. The zero-order valence-corrected chi connectivity index (χ0v) is 14.9. The zero-order chi connectivity index (χ0) is 17.0. The maximum Gasteiger partial charge on any atom is 0.307 e. The summed E-state index contributed by atoms with van der Waals surface area (Å²) in [5, 5.41) is 0.282. The van der Waals surface area contributed by atoms with Crippen LogP contribution >= 0.6 is 11.6 Å². The molecule has 6 nitrogen and oxygen atoms in total. The summed E-state index contributed by atoms with van der Waals surface area (Å²) >= 11 is 5.86. The van der Waals surface area contributed by atoms with E-state index in [2.05, 4.69) is 4.98 Å². The van der Waals surface area contributed by atoms with Crippen molar-refractivity contribution in [1.82, 2.24) is 9.29 Å². The highest BCUT2D eigenvalue weighted by atomic mass is 35.5. The molecule has 0 aromatic carbocycles. The van der Waals surface area contributed by atoms with Gasteiger partial charge in [-0.3, -0.25) is 4.79 Å². The van der Waals surface area contributed by atoms with Gasteiger partial charge in [0.1, 0.15) is 10.0 Å². The predicted molar refractivity (Wildman–Crippen MR) is 86.7 cm³/mol. The van der Waals surface area contributed by atoms with Gasteiger partial charge >= 0.3 is 5.97 Å². The fourth-order valence-corrected chi connectivity index (χ4v) is 3.82. The van der Waals surface area contributed by atoms with Crippen LogP contribution in [0.1, 0.15) is 31.7 Å². The molecular weight excluding hydrogens is 340 g/mol. The fraction of sp³-hybridized carbons (Fsp3) is 0.600. The van der Waals surface area contributed by atoms with Crippen molar-refractivity contribution < 1.29 is 17.9 Å². The Morgan fingerprint density at radius 1 is 1.48 bits per heavy atom. The Balaban J connectivity index is 2.17. The number of aryl methyl sites for hydroxylation is 1. The van der Waals surface area contributed by atoms with E-state index in [4.69, 9.17) is 16.3 Å². The summed E-state index contributed by atoms with van der Waals surface area (Å²) in [4.78, 5) is 15.6. The van der Waals surface area contributed by atoms with Gasteiger partial charge in [-0.1, -0.05) is 11.6 Å². The van der Waals surface area contributed by atoms with Crippen molar-refractivity contribution in [3.63, 3.8) is 0 Å². The van der Waals surface area contributed by atoms with Crippen molar-refractivity contribution in [2.45, 2.75) is 38.0 Å². The van der Waals surface area contributed by atoms with Gasteiger partial charge < -0.3 is 4.74 Å². The number of nitrogens with zero attached hydrogens (tertiary/aromatic N) is 2. The van der Waals surface area contributed by atoms with Gasteiger partial charge in [0.05, 0.1) is 13.0 Å². The van der Waals surface area contributed by atoms with Gasteiger partial charge in [-0.25, -0.2) is 13.4 Å². The van der Waals surface area contributed by atoms with E-state index in [0.717, 1.165) is 12.8 Å². The third kappa shape index (κ3) is 4.89. The molecule has 0 spiro atoms. The lowest BCUT2D eigenvalue weighted by atomic mass is 10.3. The quantitative estimate of drug-likeness (QED) is 0.525. The molecule has 23 heavy (non-hydrogen) atoms. The molecular formula is C15H21ClN2O4S. The number of carbonyl (C=O) groups excluding carboxylic acids is 1. The second-order valence-electron chi connectivity index (χ2n) is 5.64. The van der Waals surface area contributed by atoms with Gasteiger partial charge in [0, 0.05) is 19.3 Å². The van der Waals surface area contributed by atoms with Crippen molar-refractivity contribution in [3.05, 3.63) is 23.0 Å². The van der Waals surface area contributed by atoms with E-state index in [1.54, 1.807) is 13.8 Å². The van der Waals surface area contributed by atoms with Crippen molar-refractivity contribution >= 4 is 27.6 Å². The summed E-state index contributed by atoms with van der Waals surface area (Å²) in [7, 11) is -3.70. The first kappa shape index (κ1) is 18.2. The third-order valence-electron chi connectivity index (χ3n) is 3.66. The lowest BCUT2D eigenvalue weighted by Gasteiger charge is -2.22. The zero-order valence-electron chi connectivity index (χ0n) is 13.3. The first-order valence-electron chi connectivity index (χ1n) is 7.62. The number of rotatable bonds is 8. The van der Waals surface area contributed by atoms with Crippen LogP contribution in [0, 0.1) is 12.8 Å². The molecule has 0 bridgehead atoms. The third-order valence-corrected chi connectivity index (χ3v) is 5.88. The van der Waals surface area contributed by atoms with E-state index in [0.29, 0.717) is 18.0 Å². The standard InChI is InChI=1S/C15H21ClN2O4S/c1-3-22-14(19)6-7-18(10-12-4-5-12)23(20,21)13-8-11(2)15(16)17-9-13/h8-9,12H,3-7,10H2,1-2H3. The second-order valence-corrected chi connectivity index (χ2v) is 7.94. The van der Waals surface area contributed by atoms with Gasteiger partial charge in [0.25, 0.3) is 0 Å². The van der Waals surface area contributed by atoms with Crippen molar-refractivity contribution in [2.75, 3.05) is 19.7 Å². The molecule has 2 rings (SSSR count). The Kier molecular flexibility index (Phi) is 6.00. The summed E-state index contributed by atoms with van der Waals surface area (Å²) in [5.41, 5.74) is 0.601. The molecule has 1 heterocycles. The Hall–Kier alpha value is -1.18. The molecule has 1 aromatic heterocycles. The molecule has 0 saturated heterocycles. The molecule has 0 atom stereocenters. The number of carbonyl (C=O) groups is 1. The Morgan fingerprint density at radius 2 is 2.17 bits per heavy atom. The van der Waals surface area contributed by atoms with E-state index in [-0.39, 0.29) is 29.6 Å². The molecule has 8 heteroatoms. The second kappa shape index (κ2) is 7.59. The van der Waals surface area contributed by atoms with E-state index in [1.165, 1.54) is 16.6 Å². The monoisotopic (exact) mass is 360 g/mol. The summed E-state index contributed by atoms with van der Waals surface area (Å²) in [5.74, 6) is -0.0257. The van der Waals surface area contributed by atoms with E-state index >= 15 is 0 Å². The van der Waals surface area contributed by atoms with Crippen LogP contribution < -0.4 is 0 Å². The van der Waals surface area contributed by atoms with Crippen LogP contribution in [0.15, 0.2) is 17.2 Å². The molecule has 1 fully saturated rings. The molecule has 0 amide bonds. The van der Waals surface area contributed by atoms with Crippen LogP contribution in [0.3, 0.4) is 0 Å². The van der Waals surface area contributed by atoms with E-state index in [9.17, 15) is 13.2 Å². The first-order chi connectivity index (χ1) is 10.8. The predicted octanol–water partition coefficient (Wildman–Crippen LogP) is 2.40. The highest BCUT2D eigenvalue weighted by Crippen LogP contribution is 2.32. The minimum Gasteiger partial charge on any atom is -0.466 e. The van der Waals surface area contributed by atoms with Crippen LogP contribution in [0.2, 0.25) is 5.15 Å². The number of pyridine rings is 1. The summed E-state index contributed by atoms with van der Waals surface area (Å²) in [6.07, 6.45) is 3.33. The van der Waals surface area contributed by atoms with Crippen molar-refractivity contribution in [2.24, 2.45) is 5.92 Å². The largest absolute Gasteiger partial charge is 0.466 e.